The van der Waals surface area contributed by atoms with Gasteiger partial charge in [-0.15, -0.1) is 0 Å². The molecule has 1 unspecified atom stereocenters. The maximum atomic E-state index is 10.7. The highest BCUT2D eigenvalue weighted by Gasteiger charge is 2.15. The van der Waals surface area contributed by atoms with Crippen LogP contribution in [0, 0.1) is 0 Å². The largest absolute Gasteiger partial charge is 0.481 e. The lowest BCUT2D eigenvalue weighted by atomic mass is 9.95. The second kappa shape index (κ2) is 4.18. The molecule has 1 heterocycles. The molecule has 0 saturated heterocycles. The van der Waals surface area contributed by atoms with Gasteiger partial charge in [0.2, 0.25) is 0 Å². The van der Waals surface area contributed by atoms with Crippen LogP contribution in [0.5, 0.6) is 0 Å². The maximum absolute atomic E-state index is 10.7. The fraction of sp³-hybridized carbons (Fsp3) is 0.250. The molecule has 0 aliphatic carbocycles. The molecular weight excluding hydrogens is 226 g/mol. The number of fused-ring (bicyclic) bond motifs is 1. The normalized spacial score (nSPS) is 12.9. The zero-order valence-corrected chi connectivity index (χ0v) is 9.58. The monoisotopic (exact) mass is 237 g/mol. The van der Waals surface area contributed by atoms with Crippen molar-refractivity contribution in [2.24, 2.45) is 0 Å². The summed E-state index contributed by atoms with van der Waals surface area (Å²) in [6, 6.07) is 5.76. The quantitative estimate of drug-likeness (QED) is 0.860. The Balaban J connectivity index is 2.50. The summed E-state index contributed by atoms with van der Waals surface area (Å²) in [5.74, 6) is -0.842. The highest BCUT2D eigenvalue weighted by molar-refractivity contribution is 6.35. The van der Waals surface area contributed by atoms with Crippen molar-refractivity contribution in [3.63, 3.8) is 0 Å². The van der Waals surface area contributed by atoms with Crippen LogP contribution >= 0.6 is 11.6 Å². The molecule has 0 bridgehead atoms. The molecule has 4 heteroatoms. The summed E-state index contributed by atoms with van der Waals surface area (Å²) in [5.41, 5.74) is 1.92. The van der Waals surface area contributed by atoms with Crippen LogP contribution in [0.2, 0.25) is 5.02 Å². The van der Waals surface area contributed by atoms with E-state index in [-0.39, 0.29) is 12.3 Å². The Morgan fingerprint density at radius 2 is 2.31 bits per heavy atom. The van der Waals surface area contributed by atoms with E-state index in [4.69, 9.17) is 16.7 Å². The first kappa shape index (κ1) is 11.0. The Kier molecular flexibility index (Phi) is 2.88. The molecule has 0 saturated carbocycles. The highest BCUT2D eigenvalue weighted by atomic mass is 35.5. The van der Waals surface area contributed by atoms with Crippen molar-refractivity contribution in [1.29, 1.82) is 0 Å². The van der Waals surface area contributed by atoms with Gasteiger partial charge in [0.05, 0.1) is 11.4 Å². The molecule has 1 aromatic carbocycles. The lowest BCUT2D eigenvalue weighted by molar-refractivity contribution is -0.137. The van der Waals surface area contributed by atoms with Crippen LogP contribution in [0.1, 0.15) is 24.8 Å². The van der Waals surface area contributed by atoms with E-state index in [1.54, 1.807) is 6.20 Å². The number of carboxylic acid groups (broad SMARTS) is 1. The van der Waals surface area contributed by atoms with E-state index < -0.39 is 5.97 Å². The smallest absolute Gasteiger partial charge is 0.303 e. The van der Waals surface area contributed by atoms with Crippen molar-refractivity contribution in [3.05, 3.63) is 35.0 Å². The fourth-order valence-corrected chi connectivity index (χ4v) is 2.22. The standard InChI is InChI=1S/C12H12ClNO2/c1-7(5-11(15)16)8-3-2-4-10-12(8)9(13)6-14-10/h2-4,6-7,14H,5H2,1H3,(H,15,16). The molecule has 0 aliphatic heterocycles. The Morgan fingerprint density at radius 3 is 3.00 bits per heavy atom. The minimum atomic E-state index is -0.795. The van der Waals surface area contributed by atoms with Crippen LogP contribution in [-0.4, -0.2) is 16.1 Å². The number of H-pyrrole nitrogens is 1. The van der Waals surface area contributed by atoms with Gasteiger partial charge < -0.3 is 10.1 Å². The summed E-state index contributed by atoms with van der Waals surface area (Å²) in [6.45, 7) is 1.90. The lowest BCUT2D eigenvalue weighted by Crippen LogP contribution is -2.03. The third-order valence-corrected chi connectivity index (χ3v) is 3.00. The van der Waals surface area contributed by atoms with E-state index in [9.17, 15) is 4.79 Å². The Morgan fingerprint density at radius 1 is 1.56 bits per heavy atom. The van der Waals surface area contributed by atoms with E-state index in [1.807, 2.05) is 25.1 Å². The van der Waals surface area contributed by atoms with Gasteiger partial charge in [0.1, 0.15) is 0 Å². The topological polar surface area (TPSA) is 53.1 Å². The summed E-state index contributed by atoms with van der Waals surface area (Å²) < 4.78 is 0. The van der Waals surface area contributed by atoms with Crippen molar-refractivity contribution in [2.45, 2.75) is 19.3 Å². The number of aromatic nitrogens is 1. The zero-order valence-electron chi connectivity index (χ0n) is 8.83. The number of hydrogen-bond acceptors (Lipinski definition) is 1. The molecule has 3 nitrogen and oxygen atoms in total. The number of rotatable bonds is 3. The van der Waals surface area contributed by atoms with Crippen molar-refractivity contribution in [2.75, 3.05) is 0 Å². The molecular formula is C12H12ClNO2. The molecule has 0 spiro atoms. The van der Waals surface area contributed by atoms with Gasteiger partial charge in [0.25, 0.3) is 0 Å². The van der Waals surface area contributed by atoms with Gasteiger partial charge in [0, 0.05) is 17.1 Å². The first-order valence-electron chi connectivity index (χ1n) is 5.07. The van der Waals surface area contributed by atoms with Crippen LogP contribution in [0.25, 0.3) is 10.9 Å². The second-order valence-corrected chi connectivity index (χ2v) is 4.31. The molecule has 0 radical (unpaired) electrons. The predicted molar refractivity (Wildman–Crippen MR) is 64.0 cm³/mol. The molecule has 1 aromatic heterocycles. The van der Waals surface area contributed by atoms with Gasteiger partial charge >= 0.3 is 5.97 Å². The number of aromatic amines is 1. The molecule has 16 heavy (non-hydrogen) atoms. The van der Waals surface area contributed by atoms with Crippen LogP contribution in [0.4, 0.5) is 0 Å². The minimum absolute atomic E-state index is 0.0468. The van der Waals surface area contributed by atoms with Crippen LogP contribution in [0.3, 0.4) is 0 Å². The Labute approximate surface area is 98.0 Å². The van der Waals surface area contributed by atoms with E-state index in [1.165, 1.54) is 0 Å². The van der Waals surface area contributed by atoms with Crippen molar-refractivity contribution in [1.82, 2.24) is 4.98 Å². The van der Waals surface area contributed by atoms with E-state index in [0.29, 0.717) is 5.02 Å². The molecule has 2 N–H and O–H groups in total. The molecule has 2 rings (SSSR count). The number of carboxylic acids is 1. The lowest BCUT2D eigenvalue weighted by Gasteiger charge is -2.10. The van der Waals surface area contributed by atoms with E-state index in [0.717, 1.165) is 16.5 Å². The first-order chi connectivity index (χ1) is 7.59. The number of nitrogens with one attached hydrogen (secondary N) is 1. The minimum Gasteiger partial charge on any atom is -0.481 e. The summed E-state index contributed by atoms with van der Waals surface area (Å²) in [4.78, 5) is 13.8. The van der Waals surface area contributed by atoms with Gasteiger partial charge in [-0.05, 0) is 17.5 Å². The zero-order chi connectivity index (χ0) is 11.7. The molecule has 0 fully saturated rings. The third kappa shape index (κ3) is 1.91. The third-order valence-electron chi connectivity index (χ3n) is 2.70. The van der Waals surface area contributed by atoms with Gasteiger partial charge in [-0.3, -0.25) is 4.79 Å². The van der Waals surface area contributed by atoms with Crippen molar-refractivity contribution >= 4 is 28.5 Å². The fourth-order valence-electron chi connectivity index (χ4n) is 1.95. The first-order valence-corrected chi connectivity index (χ1v) is 5.44. The Bertz CT molecular complexity index is 533. The summed E-state index contributed by atoms with van der Waals surface area (Å²) >= 11 is 6.08. The molecule has 0 amide bonds. The van der Waals surface area contributed by atoms with Crippen LogP contribution in [-0.2, 0) is 4.79 Å². The van der Waals surface area contributed by atoms with Gasteiger partial charge in [-0.1, -0.05) is 30.7 Å². The number of carbonyl (C=O) groups is 1. The van der Waals surface area contributed by atoms with Crippen molar-refractivity contribution in [3.8, 4) is 0 Å². The highest BCUT2D eigenvalue weighted by Crippen LogP contribution is 2.32. The molecule has 0 aliphatic rings. The molecule has 2 aromatic rings. The molecule has 84 valence electrons. The molecule has 1 atom stereocenters. The average molecular weight is 238 g/mol. The summed E-state index contributed by atoms with van der Waals surface area (Å²) in [6.07, 6.45) is 1.84. The van der Waals surface area contributed by atoms with Crippen LogP contribution in [0.15, 0.2) is 24.4 Å². The van der Waals surface area contributed by atoms with Gasteiger partial charge in [0.15, 0.2) is 0 Å². The Hall–Kier alpha value is -1.48. The summed E-state index contributed by atoms with van der Waals surface area (Å²) in [7, 11) is 0. The van der Waals surface area contributed by atoms with E-state index >= 15 is 0 Å². The van der Waals surface area contributed by atoms with Gasteiger partial charge in [-0.25, -0.2) is 0 Å². The second-order valence-electron chi connectivity index (χ2n) is 3.91. The number of benzene rings is 1. The number of aliphatic carboxylic acids is 1. The average Bonchev–Trinajstić information content (AvgIpc) is 2.59. The number of halogens is 1. The van der Waals surface area contributed by atoms with E-state index in [2.05, 4.69) is 4.98 Å². The predicted octanol–water partition coefficient (Wildman–Crippen LogP) is 3.40. The summed E-state index contributed by atoms with van der Waals surface area (Å²) in [5, 5.41) is 10.4. The maximum Gasteiger partial charge on any atom is 0.303 e. The van der Waals surface area contributed by atoms with Crippen molar-refractivity contribution < 1.29 is 9.90 Å². The number of hydrogen-bond donors (Lipinski definition) is 2. The van der Waals surface area contributed by atoms with Gasteiger partial charge in [-0.2, -0.15) is 0 Å². The van der Waals surface area contributed by atoms with Crippen LogP contribution < -0.4 is 0 Å². The SMILES string of the molecule is CC(CC(=O)O)c1cccc2[nH]cc(Cl)c12.